The van der Waals surface area contributed by atoms with Crippen LogP contribution in [0.3, 0.4) is 0 Å². The van der Waals surface area contributed by atoms with Crippen molar-refractivity contribution in [3.8, 4) is 0 Å². The zero-order chi connectivity index (χ0) is 14.4. The molecule has 0 fully saturated rings. The lowest BCUT2D eigenvalue weighted by Crippen LogP contribution is -2.15. The molecule has 2 N–H and O–H groups in total. The molecular weight excluding hydrogens is 276 g/mol. The lowest BCUT2D eigenvalue weighted by molar-refractivity contribution is -0.116. The number of pyridine rings is 1. The van der Waals surface area contributed by atoms with Gasteiger partial charge in [0.1, 0.15) is 0 Å². The number of amides is 1. The predicted octanol–water partition coefficient (Wildman–Crippen LogP) is 2.80. The maximum absolute atomic E-state index is 11.8. The number of anilines is 1. The summed E-state index contributed by atoms with van der Waals surface area (Å²) in [6, 6.07) is 7.14. The summed E-state index contributed by atoms with van der Waals surface area (Å²) < 4.78 is 0. The van der Waals surface area contributed by atoms with Gasteiger partial charge in [0, 0.05) is 17.5 Å². The van der Waals surface area contributed by atoms with Gasteiger partial charge >= 0.3 is 5.97 Å². The molecule has 20 heavy (non-hydrogen) atoms. The van der Waals surface area contributed by atoms with Crippen LogP contribution in [-0.4, -0.2) is 22.0 Å². The minimum absolute atomic E-state index is 0.140. The summed E-state index contributed by atoms with van der Waals surface area (Å²) in [5, 5.41) is 13.6. The first-order chi connectivity index (χ1) is 9.66. The first-order valence-corrected chi connectivity index (χ1v) is 7.05. The molecule has 0 bridgehead atoms. The van der Waals surface area contributed by atoms with Crippen LogP contribution in [0.2, 0.25) is 0 Å². The summed E-state index contributed by atoms with van der Waals surface area (Å²) in [5.74, 6) is -1.35. The van der Waals surface area contributed by atoms with Gasteiger partial charge in [-0.2, -0.15) is 0 Å². The molecule has 0 aliphatic carbocycles. The van der Waals surface area contributed by atoms with Crippen molar-refractivity contribution < 1.29 is 14.7 Å². The molecule has 0 spiro atoms. The quantitative estimate of drug-likeness (QED) is 0.857. The zero-order valence-corrected chi connectivity index (χ0v) is 11.5. The second-order valence-corrected chi connectivity index (χ2v) is 5.22. The van der Waals surface area contributed by atoms with Crippen LogP contribution in [0, 0.1) is 0 Å². The average Bonchev–Trinajstić information content (AvgIpc) is 2.92. The van der Waals surface area contributed by atoms with Crippen LogP contribution in [-0.2, 0) is 11.2 Å². The van der Waals surface area contributed by atoms with E-state index in [1.165, 1.54) is 17.1 Å². The van der Waals surface area contributed by atoms with E-state index in [9.17, 15) is 9.59 Å². The lowest BCUT2D eigenvalue weighted by Gasteiger charge is -2.07. The second kappa shape index (κ2) is 6.81. The van der Waals surface area contributed by atoms with Gasteiger partial charge in [0.25, 0.3) is 0 Å². The third-order valence-electron chi connectivity index (χ3n) is 2.69. The van der Waals surface area contributed by atoms with Crippen molar-refractivity contribution >= 4 is 28.9 Å². The molecular formula is C14H14N2O3S. The van der Waals surface area contributed by atoms with Gasteiger partial charge in [-0.1, -0.05) is 6.07 Å². The molecule has 0 saturated carbocycles. The molecule has 2 aromatic rings. The first kappa shape index (κ1) is 14.2. The number of nitrogens with one attached hydrogen (secondary N) is 1. The van der Waals surface area contributed by atoms with Gasteiger partial charge in [0.15, 0.2) is 5.69 Å². The minimum atomic E-state index is -1.15. The van der Waals surface area contributed by atoms with Crippen LogP contribution < -0.4 is 5.32 Å². The number of carbonyl (C=O) groups excluding carboxylic acids is 1. The number of aryl methyl sites for hydroxylation is 1. The van der Waals surface area contributed by atoms with Crippen LogP contribution in [0.5, 0.6) is 0 Å². The van der Waals surface area contributed by atoms with E-state index < -0.39 is 5.97 Å². The maximum atomic E-state index is 11.8. The van der Waals surface area contributed by atoms with Gasteiger partial charge in [-0.3, -0.25) is 4.79 Å². The smallest absolute Gasteiger partial charge is 0.356 e. The molecule has 0 atom stereocenters. The van der Waals surface area contributed by atoms with Crippen LogP contribution in [0.4, 0.5) is 5.69 Å². The highest BCUT2D eigenvalue weighted by molar-refractivity contribution is 7.09. The van der Waals surface area contributed by atoms with E-state index in [0.717, 1.165) is 12.8 Å². The number of carbonyl (C=O) groups is 2. The highest BCUT2D eigenvalue weighted by Gasteiger charge is 2.13. The van der Waals surface area contributed by atoms with Gasteiger partial charge in [-0.05, 0) is 36.4 Å². The molecule has 0 saturated heterocycles. The van der Waals surface area contributed by atoms with Crippen molar-refractivity contribution in [1.29, 1.82) is 0 Å². The van der Waals surface area contributed by atoms with E-state index in [0.29, 0.717) is 6.42 Å². The molecule has 2 aromatic heterocycles. The number of rotatable bonds is 6. The Bertz CT molecular complexity index is 596. The van der Waals surface area contributed by atoms with E-state index in [2.05, 4.69) is 10.3 Å². The van der Waals surface area contributed by atoms with Crippen LogP contribution in [0.25, 0.3) is 0 Å². The molecule has 104 valence electrons. The van der Waals surface area contributed by atoms with Gasteiger partial charge in [0.2, 0.25) is 5.91 Å². The van der Waals surface area contributed by atoms with Crippen LogP contribution in [0.15, 0.2) is 35.8 Å². The molecule has 2 rings (SSSR count). The number of hydrogen-bond acceptors (Lipinski definition) is 4. The highest BCUT2D eigenvalue weighted by atomic mass is 32.1. The normalized spacial score (nSPS) is 10.2. The standard InChI is InChI=1S/C14H14N2O3S/c17-12(7-1-4-10-5-3-9-20-10)16-11-6-2-8-15-13(11)14(18)19/h2-3,5-6,8-9H,1,4,7H2,(H,16,17)(H,18,19). The minimum Gasteiger partial charge on any atom is -0.476 e. The van der Waals surface area contributed by atoms with Crippen molar-refractivity contribution in [2.45, 2.75) is 19.3 Å². The number of nitrogens with zero attached hydrogens (tertiary/aromatic N) is 1. The van der Waals surface area contributed by atoms with Gasteiger partial charge in [-0.15, -0.1) is 11.3 Å². The fourth-order valence-electron chi connectivity index (χ4n) is 1.77. The molecule has 0 unspecified atom stereocenters. The molecule has 0 radical (unpaired) electrons. The van der Waals surface area contributed by atoms with E-state index in [4.69, 9.17) is 5.11 Å². The summed E-state index contributed by atoms with van der Waals surface area (Å²) in [5.41, 5.74) is 0.0974. The summed E-state index contributed by atoms with van der Waals surface area (Å²) in [6.07, 6.45) is 3.32. The van der Waals surface area contributed by atoms with E-state index in [-0.39, 0.29) is 17.3 Å². The Labute approximate surface area is 120 Å². The first-order valence-electron chi connectivity index (χ1n) is 6.17. The maximum Gasteiger partial charge on any atom is 0.356 e. The fraction of sp³-hybridized carbons (Fsp3) is 0.214. The largest absolute Gasteiger partial charge is 0.476 e. The Morgan fingerprint density at radius 3 is 2.85 bits per heavy atom. The van der Waals surface area contributed by atoms with E-state index >= 15 is 0 Å². The van der Waals surface area contributed by atoms with Crippen LogP contribution in [0.1, 0.15) is 28.2 Å². The Balaban J connectivity index is 1.87. The highest BCUT2D eigenvalue weighted by Crippen LogP contribution is 2.14. The molecule has 0 aliphatic heterocycles. The molecule has 2 heterocycles. The van der Waals surface area contributed by atoms with Crippen LogP contribution >= 0.6 is 11.3 Å². The number of carboxylic acids is 1. The van der Waals surface area contributed by atoms with Gasteiger partial charge < -0.3 is 10.4 Å². The monoisotopic (exact) mass is 290 g/mol. The molecule has 5 nitrogen and oxygen atoms in total. The van der Waals surface area contributed by atoms with Gasteiger partial charge in [0.05, 0.1) is 5.69 Å². The third-order valence-corrected chi connectivity index (χ3v) is 3.63. The van der Waals surface area contributed by atoms with E-state index in [1.807, 2.05) is 17.5 Å². The predicted molar refractivity (Wildman–Crippen MR) is 77.1 cm³/mol. The number of thiophene rings is 1. The molecule has 1 amide bonds. The Morgan fingerprint density at radius 2 is 2.15 bits per heavy atom. The SMILES string of the molecule is O=C(CCCc1cccs1)Nc1cccnc1C(=O)O. The summed E-state index contributed by atoms with van der Waals surface area (Å²) in [4.78, 5) is 27.7. The van der Waals surface area contributed by atoms with Crippen molar-refractivity contribution in [2.75, 3.05) is 5.32 Å². The number of hydrogen-bond donors (Lipinski definition) is 2. The molecule has 0 aromatic carbocycles. The molecule has 0 aliphatic rings. The average molecular weight is 290 g/mol. The number of carboxylic acid groups (broad SMARTS) is 1. The summed E-state index contributed by atoms with van der Waals surface area (Å²) >= 11 is 1.67. The molecule has 6 heteroatoms. The zero-order valence-electron chi connectivity index (χ0n) is 10.7. The van der Waals surface area contributed by atoms with Crippen molar-refractivity contribution in [3.63, 3.8) is 0 Å². The topological polar surface area (TPSA) is 79.3 Å². The van der Waals surface area contributed by atoms with Crippen molar-refractivity contribution in [1.82, 2.24) is 4.98 Å². The van der Waals surface area contributed by atoms with Crippen molar-refractivity contribution in [2.24, 2.45) is 0 Å². The Hall–Kier alpha value is -2.21. The number of aromatic nitrogens is 1. The second-order valence-electron chi connectivity index (χ2n) is 4.19. The Morgan fingerprint density at radius 1 is 1.30 bits per heavy atom. The third kappa shape index (κ3) is 3.89. The Kier molecular flexibility index (Phi) is 4.84. The fourth-order valence-corrected chi connectivity index (χ4v) is 2.52. The lowest BCUT2D eigenvalue weighted by atomic mass is 10.2. The summed E-state index contributed by atoms with van der Waals surface area (Å²) in [6.45, 7) is 0. The van der Waals surface area contributed by atoms with Crippen molar-refractivity contribution in [3.05, 3.63) is 46.4 Å². The van der Waals surface area contributed by atoms with Gasteiger partial charge in [-0.25, -0.2) is 9.78 Å². The summed E-state index contributed by atoms with van der Waals surface area (Å²) in [7, 11) is 0. The number of aromatic carboxylic acids is 1. The van der Waals surface area contributed by atoms with E-state index in [1.54, 1.807) is 17.4 Å².